The highest BCUT2D eigenvalue weighted by Crippen LogP contribution is 2.38. The lowest BCUT2D eigenvalue weighted by Crippen LogP contribution is -2.48. The first kappa shape index (κ1) is 22.3. The van der Waals surface area contributed by atoms with Crippen LogP contribution in [0.25, 0.3) is 0 Å². The molecule has 176 valence electrons. The van der Waals surface area contributed by atoms with Crippen LogP contribution in [0.4, 0.5) is 17.1 Å². The number of benzene rings is 3. The van der Waals surface area contributed by atoms with E-state index in [-0.39, 0.29) is 11.4 Å². The number of ether oxygens (including phenoxy) is 1. The van der Waals surface area contributed by atoms with Gasteiger partial charge in [0.05, 0.1) is 17.1 Å². The van der Waals surface area contributed by atoms with Gasteiger partial charge in [0.25, 0.3) is 15.9 Å². The Bertz CT molecular complexity index is 1290. The number of anilines is 3. The van der Waals surface area contributed by atoms with E-state index in [1.54, 1.807) is 42.5 Å². The minimum Gasteiger partial charge on any atom is -0.476 e. The first-order valence-electron chi connectivity index (χ1n) is 11.4. The highest BCUT2D eigenvalue weighted by atomic mass is 32.2. The number of rotatable bonds is 5. The molecule has 0 bridgehead atoms. The molecule has 1 saturated heterocycles. The van der Waals surface area contributed by atoms with Gasteiger partial charge in [-0.25, -0.2) is 8.42 Å². The monoisotopic (exact) mass is 477 g/mol. The van der Waals surface area contributed by atoms with Crippen LogP contribution in [0.2, 0.25) is 0 Å². The summed E-state index contributed by atoms with van der Waals surface area (Å²) in [6.07, 6.45) is 1.40. The molecule has 0 aliphatic carbocycles. The fraction of sp³-hybridized carbons (Fsp3) is 0.269. The van der Waals surface area contributed by atoms with Gasteiger partial charge in [0.1, 0.15) is 5.75 Å². The number of carbonyl (C=O) groups excluding carboxylic acids is 1. The zero-order valence-electron chi connectivity index (χ0n) is 19.0. The summed E-state index contributed by atoms with van der Waals surface area (Å²) in [6.45, 7) is 3.87. The molecule has 1 N–H and O–H groups in total. The fourth-order valence-corrected chi connectivity index (χ4v) is 5.90. The number of carbonyl (C=O) groups is 1. The van der Waals surface area contributed by atoms with Crippen molar-refractivity contribution in [2.45, 2.75) is 30.8 Å². The minimum atomic E-state index is -3.87. The summed E-state index contributed by atoms with van der Waals surface area (Å²) in [7, 11) is -3.87. The normalized spacial score (nSPS) is 17.7. The van der Waals surface area contributed by atoms with Crippen molar-refractivity contribution in [1.82, 2.24) is 0 Å². The molecule has 7 nitrogen and oxygen atoms in total. The van der Waals surface area contributed by atoms with Gasteiger partial charge < -0.3 is 15.0 Å². The molecule has 0 spiro atoms. The van der Waals surface area contributed by atoms with Gasteiger partial charge in [-0.3, -0.25) is 9.10 Å². The molecule has 2 aliphatic rings. The van der Waals surface area contributed by atoms with Crippen LogP contribution in [0.1, 0.15) is 18.4 Å². The molecule has 0 unspecified atom stereocenters. The van der Waals surface area contributed by atoms with Crippen molar-refractivity contribution in [2.75, 3.05) is 34.2 Å². The van der Waals surface area contributed by atoms with E-state index in [1.807, 2.05) is 37.3 Å². The van der Waals surface area contributed by atoms with Gasteiger partial charge in [0.15, 0.2) is 6.10 Å². The number of amides is 1. The highest BCUT2D eigenvalue weighted by molar-refractivity contribution is 7.92. The predicted octanol–water partition coefficient (Wildman–Crippen LogP) is 4.19. The Morgan fingerprint density at radius 2 is 1.68 bits per heavy atom. The lowest BCUT2D eigenvalue weighted by molar-refractivity contribution is -0.122. The van der Waals surface area contributed by atoms with Gasteiger partial charge in [-0.2, -0.15) is 0 Å². The number of nitrogens with one attached hydrogen (secondary N) is 1. The molecule has 1 fully saturated rings. The topological polar surface area (TPSA) is 79.0 Å². The molecule has 3 aromatic rings. The summed E-state index contributed by atoms with van der Waals surface area (Å²) in [4.78, 5) is 15.6. The van der Waals surface area contributed by atoms with Crippen molar-refractivity contribution in [2.24, 2.45) is 0 Å². The Labute approximate surface area is 200 Å². The number of aryl methyl sites for hydroxylation is 1. The van der Waals surface area contributed by atoms with E-state index < -0.39 is 22.0 Å². The van der Waals surface area contributed by atoms with Crippen LogP contribution in [0, 0.1) is 6.92 Å². The number of sulfonamides is 1. The summed E-state index contributed by atoms with van der Waals surface area (Å²) in [6, 6.07) is 21.3. The number of nitrogens with zero attached hydrogens (tertiary/aromatic N) is 2. The first-order valence-corrected chi connectivity index (χ1v) is 12.9. The maximum absolute atomic E-state index is 13.5. The van der Waals surface area contributed by atoms with Crippen molar-refractivity contribution in [1.29, 1.82) is 0 Å². The van der Waals surface area contributed by atoms with Crippen LogP contribution in [-0.4, -0.2) is 40.1 Å². The zero-order valence-corrected chi connectivity index (χ0v) is 19.8. The van der Waals surface area contributed by atoms with E-state index in [0.717, 1.165) is 24.3 Å². The van der Waals surface area contributed by atoms with E-state index >= 15 is 0 Å². The molecule has 3 aromatic carbocycles. The minimum absolute atomic E-state index is 0.120. The second kappa shape index (κ2) is 9.02. The maximum Gasteiger partial charge on any atom is 0.267 e. The van der Waals surface area contributed by atoms with Gasteiger partial charge in [-0.1, -0.05) is 24.3 Å². The quantitative estimate of drug-likeness (QED) is 0.596. The van der Waals surface area contributed by atoms with Crippen LogP contribution in [0.3, 0.4) is 0 Å². The van der Waals surface area contributed by atoms with Crippen molar-refractivity contribution in [3.05, 3.63) is 78.4 Å². The number of fused-ring (bicyclic) bond motifs is 1. The molecule has 2 aliphatic heterocycles. The van der Waals surface area contributed by atoms with E-state index in [2.05, 4.69) is 10.2 Å². The molecule has 2 heterocycles. The molecular weight excluding hydrogens is 450 g/mol. The molecular formula is C26H27N3O4S. The second-order valence-corrected chi connectivity index (χ2v) is 10.5. The lowest BCUT2D eigenvalue weighted by atomic mass is 10.1. The predicted molar refractivity (Wildman–Crippen MR) is 133 cm³/mol. The third kappa shape index (κ3) is 4.33. The van der Waals surface area contributed by atoms with E-state index in [9.17, 15) is 13.2 Å². The van der Waals surface area contributed by atoms with Gasteiger partial charge in [0, 0.05) is 24.5 Å². The molecule has 5 rings (SSSR count). The third-order valence-electron chi connectivity index (χ3n) is 6.21. The molecule has 0 saturated carbocycles. The SMILES string of the molecule is Cc1ccc2c(c1)O[C@@H](C(=O)Nc1ccc(N3CCCC3)cc1)CN2S(=O)(=O)c1ccccc1. The number of hydrogen-bond donors (Lipinski definition) is 1. The fourth-order valence-electron chi connectivity index (χ4n) is 4.40. The van der Waals surface area contributed by atoms with Crippen molar-refractivity contribution in [3.63, 3.8) is 0 Å². The highest BCUT2D eigenvalue weighted by Gasteiger charge is 2.37. The third-order valence-corrected chi connectivity index (χ3v) is 8.01. The van der Waals surface area contributed by atoms with Crippen LogP contribution in [0.15, 0.2) is 77.7 Å². The second-order valence-electron chi connectivity index (χ2n) is 8.66. The van der Waals surface area contributed by atoms with Gasteiger partial charge in [-0.15, -0.1) is 0 Å². The standard InChI is InChI=1S/C26H27N3O4S/c1-19-9-14-23-24(17-19)33-25(18-29(23)34(31,32)22-7-3-2-4-8-22)26(30)27-20-10-12-21(13-11-20)28-15-5-6-16-28/h2-4,7-14,17,25H,5-6,15-16,18H2,1H3,(H,27,30)/t25-/m1/s1. The van der Waals surface area contributed by atoms with Gasteiger partial charge in [0.2, 0.25) is 0 Å². The average Bonchev–Trinajstić information content (AvgIpc) is 3.39. The lowest BCUT2D eigenvalue weighted by Gasteiger charge is -2.35. The summed E-state index contributed by atoms with van der Waals surface area (Å²) in [5.74, 6) is -0.0235. The largest absolute Gasteiger partial charge is 0.476 e. The smallest absolute Gasteiger partial charge is 0.267 e. The summed E-state index contributed by atoms with van der Waals surface area (Å²) < 4.78 is 34.2. The first-order chi connectivity index (χ1) is 16.4. The Kier molecular flexibility index (Phi) is 5.91. The van der Waals surface area contributed by atoms with Crippen LogP contribution in [0.5, 0.6) is 5.75 Å². The Hall–Kier alpha value is -3.52. The van der Waals surface area contributed by atoms with Crippen LogP contribution < -0.4 is 19.3 Å². The molecule has 8 heteroatoms. The molecule has 1 amide bonds. The molecule has 0 aromatic heterocycles. The van der Waals surface area contributed by atoms with Crippen molar-refractivity contribution < 1.29 is 17.9 Å². The Morgan fingerprint density at radius 1 is 0.971 bits per heavy atom. The molecule has 0 radical (unpaired) electrons. The Morgan fingerprint density at radius 3 is 2.38 bits per heavy atom. The van der Waals surface area contributed by atoms with E-state index in [1.165, 1.54) is 17.1 Å². The van der Waals surface area contributed by atoms with Gasteiger partial charge >= 0.3 is 0 Å². The zero-order chi connectivity index (χ0) is 23.7. The van der Waals surface area contributed by atoms with E-state index in [0.29, 0.717) is 17.1 Å². The van der Waals surface area contributed by atoms with E-state index in [4.69, 9.17) is 4.74 Å². The maximum atomic E-state index is 13.5. The van der Waals surface area contributed by atoms with Crippen LogP contribution in [-0.2, 0) is 14.8 Å². The van der Waals surface area contributed by atoms with Crippen LogP contribution >= 0.6 is 0 Å². The summed E-state index contributed by atoms with van der Waals surface area (Å²) in [5.41, 5.74) is 3.11. The molecule has 34 heavy (non-hydrogen) atoms. The molecule has 1 atom stereocenters. The van der Waals surface area contributed by atoms with Crippen molar-refractivity contribution in [3.8, 4) is 5.75 Å². The average molecular weight is 478 g/mol. The number of hydrogen-bond acceptors (Lipinski definition) is 5. The summed E-state index contributed by atoms with van der Waals surface area (Å²) >= 11 is 0. The summed E-state index contributed by atoms with van der Waals surface area (Å²) in [5, 5.41) is 2.88. The van der Waals surface area contributed by atoms with Gasteiger partial charge in [-0.05, 0) is 73.9 Å². The Balaban J connectivity index is 1.39. The van der Waals surface area contributed by atoms with Crippen molar-refractivity contribution >= 4 is 33.0 Å².